The summed E-state index contributed by atoms with van der Waals surface area (Å²) in [7, 11) is 0. The molecule has 0 saturated heterocycles. The van der Waals surface area contributed by atoms with Crippen LogP contribution in [0, 0.1) is 5.92 Å². The van der Waals surface area contributed by atoms with Gasteiger partial charge in [0, 0.05) is 11.5 Å². The SMILES string of the molecule is C/C(=C\COc1c(O)ccc2ccc(=O)oc12)CCCC(C)C. The van der Waals surface area contributed by atoms with Crippen molar-refractivity contribution in [3.05, 3.63) is 46.3 Å². The summed E-state index contributed by atoms with van der Waals surface area (Å²) in [4.78, 5) is 11.4. The summed E-state index contributed by atoms with van der Waals surface area (Å²) < 4.78 is 10.8. The molecule has 0 bridgehead atoms. The minimum absolute atomic E-state index is 0.0299. The molecule has 1 N–H and O–H groups in total. The van der Waals surface area contributed by atoms with Gasteiger partial charge in [0.1, 0.15) is 6.61 Å². The number of allylic oxidation sites excluding steroid dienone is 1. The summed E-state index contributed by atoms with van der Waals surface area (Å²) in [5, 5.41) is 10.7. The van der Waals surface area contributed by atoms with E-state index in [4.69, 9.17) is 9.15 Å². The van der Waals surface area contributed by atoms with Crippen molar-refractivity contribution in [2.24, 2.45) is 5.92 Å². The molecular weight excluding hydrogens is 292 g/mol. The second-order valence-electron chi connectivity index (χ2n) is 6.23. The van der Waals surface area contributed by atoms with Gasteiger partial charge in [-0.1, -0.05) is 25.8 Å². The smallest absolute Gasteiger partial charge is 0.336 e. The van der Waals surface area contributed by atoms with E-state index in [9.17, 15) is 9.90 Å². The Morgan fingerprint density at radius 2 is 2.04 bits per heavy atom. The normalized spacial score (nSPS) is 12.1. The highest BCUT2D eigenvalue weighted by molar-refractivity contribution is 5.85. The lowest BCUT2D eigenvalue weighted by molar-refractivity contribution is 0.332. The molecule has 4 heteroatoms. The van der Waals surface area contributed by atoms with Gasteiger partial charge in [0.2, 0.25) is 5.75 Å². The Bertz CT molecular complexity index is 741. The van der Waals surface area contributed by atoms with Crippen molar-refractivity contribution >= 4 is 11.0 Å². The molecule has 0 aliphatic rings. The highest BCUT2D eigenvalue weighted by atomic mass is 16.5. The van der Waals surface area contributed by atoms with E-state index in [2.05, 4.69) is 20.8 Å². The van der Waals surface area contributed by atoms with Crippen molar-refractivity contribution in [1.29, 1.82) is 0 Å². The average Bonchev–Trinajstić information content (AvgIpc) is 2.49. The first-order valence-electron chi connectivity index (χ1n) is 8.01. The molecule has 0 fully saturated rings. The molecule has 0 aliphatic carbocycles. The van der Waals surface area contributed by atoms with Crippen LogP contribution in [0.2, 0.25) is 0 Å². The second kappa shape index (κ2) is 7.86. The summed E-state index contributed by atoms with van der Waals surface area (Å²) in [5.41, 5.74) is 1.07. The Hall–Kier alpha value is -2.23. The molecule has 4 nitrogen and oxygen atoms in total. The Morgan fingerprint density at radius 3 is 2.78 bits per heavy atom. The van der Waals surface area contributed by atoms with Crippen LogP contribution in [0.25, 0.3) is 11.0 Å². The predicted molar refractivity (Wildman–Crippen MR) is 92.1 cm³/mol. The number of phenolic OH excluding ortho intramolecular Hbond substituents is 1. The molecule has 0 spiro atoms. The van der Waals surface area contributed by atoms with E-state index in [1.54, 1.807) is 12.1 Å². The quantitative estimate of drug-likeness (QED) is 0.596. The van der Waals surface area contributed by atoms with Gasteiger partial charge >= 0.3 is 5.63 Å². The maximum atomic E-state index is 11.4. The third kappa shape index (κ3) is 4.88. The number of ether oxygens (including phenoxy) is 1. The lowest BCUT2D eigenvalue weighted by Gasteiger charge is -2.09. The van der Waals surface area contributed by atoms with Crippen LogP contribution < -0.4 is 10.4 Å². The average molecular weight is 316 g/mol. The minimum atomic E-state index is -0.464. The number of phenols is 1. The summed E-state index contributed by atoms with van der Waals surface area (Å²) in [6.07, 6.45) is 5.41. The van der Waals surface area contributed by atoms with E-state index in [0.717, 1.165) is 24.1 Å². The highest BCUT2D eigenvalue weighted by Crippen LogP contribution is 2.33. The molecule has 0 amide bonds. The Morgan fingerprint density at radius 1 is 1.30 bits per heavy atom. The first-order chi connectivity index (χ1) is 11.0. The Kier molecular flexibility index (Phi) is 5.85. The van der Waals surface area contributed by atoms with Gasteiger partial charge in [-0.15, -0.1) is 0 Å². The molecule has 0 aliphatic heterocycles. The zero-order chi connectivity index (χ0) is 16.8. The number of benzene rings is 1. The summed E-state index contributed by atoms with van der Waals surface area (Å²) in [5.74, 6) is 0.902. The molecule has 0 saturated carbocycles. The fraction of sp³-hybridized carbons (Fsp3) is 0.421. The molecule has 0 unspecified atom stereocenters. The number of hydrogen-bond donors (Lipinski definition) is 1. The van der Waals surface area contributed by atoms with Crippen LogP contribution in [0.4, 0.5) is 0 Å². The maximum absolute atomic E-state index is 11.4. The van der Waals surface area contributed by atoms with E-state index in [0.29, 0.717) is 6.61 Å². The van der Waals surface area contributed by atoms with Crippen molar-refractivity contribution in [3.63, 3.8) is 0 Å². The number of hydrogen-bond acceptors (Lipinski definition) is 4. The third-order valence-electron chi connectivity index (χ3n) is 3.74. The topological polar surface area (TPSA) is 59.7 Å². The molecule has 1 aromatic carbocycles. The lowest BCUT2D eigenvalue weighted by Crippen LogP contribution is -1.99. The third-order valence-corrected chi connectivity index (χ3v) is 3.74. The fourth-order valence-corrected chi connectivity index (χ4v) is 2.39. The van der Waals surface area contributed by atoms with E-state index < -0.39 is 5.63 Å². The predicted octanol–water partition coefficient (Wildman–Crippen LogP) is 4.65. The second-order valence-corrected chi connectivity index (χ2v) is 6.23. The summed E-state index contributed by atoms with van der Waals surface area (Å²) >= 11 is 0. The van der Waals surface area contributed by atoms with E-state index in [1.165, 1.54) is 24.1 Å². The van der Waals surface area contributed by atoms with E-state index in [1.807, 2.05) is 6.08 Å². The molecule has 23 heavy (non-hydrogen) atoms. The van der Waals surface area contributed by atoms with Crippen LogP contribution >= 0.6 is 0 Å². The number of rotatable bonds is 7. The van der Waals surface area contributed by atoms with E-state index >= 15 is 0 Å². The van der Waals surface area contributed by atoms with Gasteiger partial charge in [-0.3, -0.25) is 0 Å². The van der Waals surface area contributed by atoms with Gasteiger partial charge in [0.15, 0.2) is 11.3 Å². The highest BCUT2D eigenvalue weighted by Gasteiger charge is 2.11. The monoisotopic (exact) mass is 316 g/mol. The number of aromatic hydroxyl groups is 1. The van der Waals surface area contributed by atoms with Crippen molar-refractivity contribution in [2.45, 2.75) is 40.0 Å². The van der Waals surface area contributed by atoms with Crippen molar-refractivity contribution in [2.75, 3.05) is 6.61 Å². The molecule has 2 rings (SSSR count). The van der Waals surface area contributed by atoms with Crippen molar-refractivity contribution < 1.29 is 14.3 Å². The maximum Gasteiger partial charge on any atom is 0.336 e. The van der Waals surface area contributed by atoms with Crippen LogP contribution in [0.3, 0.4) is 0 Å². The molecule has 1 aromatic heterocycles. The van der Waals surface area contributed by atoms with Gasteiger partial charge in [-0.05, 0) is 50.0 Å². The zero-order valence-electron chi connectivity index (χ0n) is 14.0. The van der Waals surface area contributed by atoms with E-state index in [-0.39, 0.29) is 17.1 Å². The fourth-order valence-electron chi connectivity index (χ4n) is 2.39. The largest absolute Gasteiger partial charge is 0.504 e. The Labute approximate surface area is 136 Å². The van der Waals surface area contributed by atoms with Crippen LogP contribution in [-0.2, 0) is 0 Å². The summed E-state index contributed by atoms with van der Waals surface area (Å²) in [6.45, 7) is 6.85. The van der Waals surface area contributed by atoms with Gasteiger partial charge < -0.3 is 14.3 Å². The Balaban J connectivity index is 2.06. The van der Waals surface area contributed by atoms with Crippen LogP contribution in [-0.4, -0.2) is 11.7 Å². The molecule has 0 radical (unpaired) electrons. The van der Waals surface area contributed by atoms with Crippen molar-refractivity contribution in [3.8, 4) is 11.5 Å². The van der Waals surface area contributed by atoms with Gasteiger partial charge in [-0.25, -0.2) is 4.79 Å². The zero-order valence-corrected chi connectivity index (χ0v) is 14.0. The lowest BCUT2D eigenvalue weighted by atomic mass is 10.0. The number of fused-ring (bicyclic) bond motifs is 1. The van der Waals surface area contributed by atoms with Gasteiger partial charge in [0.25, 0.3) is 0 Å². The molecular formula is C19H24O4. The molecule has 1 heterocycles. The summed E-state index contributed by atoms with van der Waals surface area (Å²) in [6, 6.07) is 6.23. The van der Waals surface area contributed by atoms with Crippen LogP contribution in [0.5, 0.6) is 11.5 Å². The van der Waals surface area contributed by atoms with Gasteiger partial charge in [-0.2, -0.15) is 0 Å². The standard InChI is InChI=1S/C19H24O4/c1-13(2)5-4-6-14(3)11-12-22-19-16(20)9-7-15-8-10-17(21)23-18(15)19/h7-11,13,20H,4-6,12H2,1-3H3/b14-11+. The first-order valence-corrected chi connectivity index (χ1v) is 8.01. The van der Waals surface area contributed by atoms with Crippen LogP contribution in [0.15, 0.2) is 45.1 Å². The minimum Gasteiger partial charge on any atom is -0.504 e. The first kappa shape index (κ1) is 17.1. The molecule has 124 valence electrons. The molecule has 0 atom stereocenters. The van der Waals surface area contributed by atoms with Crippen LogP contribution in [0.1, 0.15) is 40.0 Å². The molecule has 2 aromatic rings. The van der Waals surface area contributed by atoms with Gasteiger partial charge in [0.05, 0.1) is 0 Å². The van der Waals surface area contributed by atoms with Crippen molar-refractivity contribution in [1.82, 2.24) is 0 Å².